The lowest BCUT2D eigenvalue weighted by Crippen LogP contribution is -2.23. The van der Waals surface area contributed by atoms with Gasteiger partial charge in [-0.2, -0.15) is 0 Å². The zero-order valence-corrected chi connectivity index (χ0v) is 11.1. The normalized spacial score (nSPS) is 12.5. The molecule has 0 radical (unpaired) electrons. The predicted octanol–water partition coefficient (Wildman–Crippen LogP) is 4.27. The number of aryl methyl sites for hydroxylation is 1. The van der Waals surface area contributed by atoms with Gasteiger partial charge in [-0.3, -0.25) is 0 Å². The lowest BCUT2D eigenvalue weighted by molar-refractivity contribution is 0.591. The first kappa shape index (κ1) is 13.3. The Hall–Kier alpha value is -0.790. The van der Waals surface area contributed by atoms with Gasteiger partial charge in [0.2, 0.25) is 0 Å². The lowest BCUT2D eigenvalue weighted by atomic mass is 9.99. The molecule has 0 saturated carbocycles. The van der Waals surface area contributed by atoms with E-state index < -0.39 is 0 Å². The second-order valence-corrected chi connectivity index (χ2v) is 4.59. The second-order valence-electron chi connectivity index (χ2n) is 4.21. The molecule has 1 aromatic carbocycles. The summed E-state index contributed by atoms with van der Waals surface area (Å²) in [6.07, 6.45) is 1.10. The van der Waals surface area contributed by atoms with E-state index in [-0.39, 0.29) is 6.04 Å². The minimum atomic E-state index is 0.160. The van der Waals surface area contributed by atoms with Crippen molar-refractivity contribution in [1.29, 1.82) is 0 Å². The number of nitrogens with one attached hydrogen (secondary N) is 1. The van der Waals surface area contributed by atoms with Gasteiger partial charge in [0.15, 0.2) is 0 Å². The summed E-state index contributed by atoms with van der Waals surface area (Å²) in [7, 11) is 0. The first-order valence-corrected chi connectivity index (χ1v) is 6.09. The molecule has 0 aliphatic heterocycles. The minimum Gasteiger partial charge on any atom is -0.307 e. The van der Waals surface area contributed by atoms with E-state index in [1.165, 1.54) is 0 Å². The van der Waals surface area contributed by atoms with Gasteiger partial charge in [-0.05, 0) is 37.9 Å². The van der Waals surface area contributed by atoms with Crippen LogP contribution in [0.1, 0.15) is 37.4 Å². The van der Waals surface area contributed by atoms with Gasteiger partial charge in [-0.15, -0.1) is 0 Å². The monoisotopic (exact) mass is 237 g/mol. The van der Waals surface area contributed by atoms with Crippen molar-refractivity contribution in [1.82, 2.24) is 5.32 Å². The standard InChI is InChI=1S/C14H20ClN/c1-5-9-16-14(10(2)3)12-8-6-7-11(4)13(12)15/h6-8,14,16H,2,5,9H2,1,3-4H3. The molecule has 1 N–H and O–H groups in total. The zero-order valence-electron chi connectivity index (χ0n) is 10.3. The highest BCUT2D eigenvalue weighted by Gasteiger charge is 2.15. The highest BCUT2D eigenvalue weighted by molar-refractivity contribution is 6.32. The van der Waals surface area contributed by atoms with Gasteiger partial charge in [-0.1, -0.05) is 48.9 Å². The van der Waals surface area contributed by atoms with E-state index in [0.29, 0.717) is 0 Å². The van der Waals surface area contributed by atoms with Crippen molar-refractivity contribution in [3.8, 4) is 0 Å². The third kappa shape index (κ3) is 3.10. The van der Waals surface area contributed by atoms with Gasteiger partial charge >= 0.3 is 0 Å². The van der Waals surface area contributed by atoms with Gasteiger partial charge in [0.05, 0.1) is 6.04 Å². The van der Waals surface area contributed by atoms with E-state index >= 15 is 0 Å². The van der Waals surface area contributed by atoms with E-state index in [0.717, 1.165) is 34.7 Å². The molecule has 0 saturated heterocycles. The molecule has 0 spiro atoms. The van der Waals surface area contributed by atoms with Crippen molar-refractivity contribution in [3.05, 3.63) is 46.5 Å². The Morgan fingerprint density at radius 2 is 2.19 bits per heavy atom. The van der Waals surface area contributed by atoms with Crippen LogP contribution in [0.15, 0.2) is 30.4 Å². The largest absolute Gasteiger partial charge is 0.307 e. The lowest BCUT2D eigenvalue weighted by Gasteiger charge is -2.21. The van der Waals surface area contributed by atoms with Crippen LogP contribution in [0.25, 0.3) is 0 Å². The highest BCUT2D eigenvalue weighted by Crippen LogP contribution is 2.29. The van der Waals surface area contributed by atoms with Gasteiger partial charge in [0.25, 0.3) is 0 Å². The van der Waals surface area contributed by atoms with Crippen LogP contribution in [0.5, 0.6) is 0 Å². The van der Waals surface area contributed by atoms with Crippen LogP contribution in [0.4, 0.5) is 0 Å². The molecule has 0 amide bonds. The van der Waals surface area contributed by atoms with Crippen molar-refractivity contribution in [2.24, 2.45) is 0 Å². The molecular formula is C14H20ClN. The molecule has 1 rings (SSSR count). The summed E-state index contributed by atoms with van der Waals surface area (Å²) in [4.78, 5) is 0. The molecule has 0 fully saturated rings. The van der Waals surface area contributed by atoms with Crippen molar-refractivity contribution in [3.63, 3.8) is 0 Å². The fourth-order valence-corrected chi connectivity index (χ4v) is 1.97. The number of rotatable bonds is 5. The van der Waals surface area contributed by atoms with Crippen LogP contribution in [-0.2, 0) is 0 Å². The Kier molecular flexibility index (Phi) is 5.04. The summed E-state index contributed by atoms with van der Waals surface area (Å²) in [6, 6.07) is 6.30. The van der Waals surface area contributed by atoms with Gasteiger partial charge in [-0.25, -0.2) is 0 Å². The summed E-state index contributed by atoms with van der Waals surface area (Å²) in [5.74, 6) is 0. The van der Waals surface area contributed by atoms with Crippen LogP contribution < -0.4 is 5.32 Å². The summed E-state index contributed by atoms with van der Waals surface area (Å²) < 4.78 is 0. The van der Waals surface area contributed by atoms with E-state index in [1.54, 1.807) is 0 Å². The number of benzene rings is 1. The Morgan fingerprint density at radius 3 is 2.75 bits per heavy atom. The van der Waals surface area contributed by atoms with Crippen molar-refractivity contribution in [2.45, 2.75) is 33.2 Å². The van der Waals surface area contributed by atoms with Crippen LogP contribution >= 0.6 is 11.6 Å². The average Bonchev–Trinajstić information content (AvgIpc) is 2.24. The van der Waals surface area contributed by atoms with Crippen LogP contribution in [-0.4, -0.2) is 6.54 Å². The molecule has 0 heterocycles. The number of halogens is 1. The average molecular weight is 238 g/mol. The van der Waals surface area contributed by atoms with E-state index in [4.69, 9.17) is 11.6 Å². The zero-order chi connectivity index (χ0) is 12.1. The van der Waals surface area contributed by atoms with Crippen molar-refractivity contribution >= 4 is 11.6 Å². The van der Waals surface area contributed by atoms with Gasteiger partial charge in [0, 0.05) is 5.02 Å². The summed E-state index contributed by atoms with van der Waals surface area (Å²) in [5.41, 5.74) is 3.34. The van der Waals surface area contributed by atoms with Gasteiger partial charge < -0.3 is 5.32 Å². The van der Waals surface area contributed by atoms with Crippen LogP contribution in [0, 0.1) is 6.92 Å². The Bertz CT molecular complexity index is 371. The maximum atomic E-state index is 6.33. The first-order valence-electron chi connectivity index (χ1n) is 5.71. The van der Waals surface area contributed by atoms with Crippen LogP contribution in [0.2, 0.25) is 5.02 Å². The molecule has 0 aliphatic carbocycles. The predicted molar refractivity (Wildman–Crippen MR) is 72.0 cm³/mol. The van der Waals surface area contributed by atoms with Gasteiger partial charge in [0.1, 0.15) is 0 Å². The molecule has 16 heavy (non-hydrogen) atoms. The highest BCUT2D eigenvalue weighted by atomic mass is 35.5. The maximum absolute atomic E-state index is 6.33. The topological polar surface area (TPSA) is 12.0 Å². The molecule has 2 heteroatoms. The summed E-state index contributed by atoms with van der Waals surface area (Å²) in [5, 5.41) is 4.32. The fraction of sp³-hybridized carbons (Fsp3) is 0.429. The molecule has 1 unspecified atom stereocenters. The molecule has 0 bridgehead atoms. The molecule has 1 atom stereocenters. The fourth-order valence-electron chi connectivity index (χ4n) is 1.73. The molecule has 1 nitrogen and oxygen atoms in total. The SMILES string of the molecule is C=C(C)C(NCCC)c1cccc(C)c1Cl. The molecule has 1 aromatic rings. The molecule has 88 valence electrons. The Balaban J connectivity index is 3.01. The Labute approximate surface area is 104 Å². The number of hydrogen-bond acceptors (Lipinski definition) is 1. The maximum Gasteiger partial charge on any atom is 0.0545 e. The summed E-state index contributed by atoms with van der Waals surface area (Å²) >= 11 is 6.33. The minimum absolute atomic E-state index is 0.160. The van der Waals surface area contributed by atoms with Crippen molar-refractivity contribution in [2.75, 3.05) is 6.54 Å². The molecular weight excluding hydrogens is 218 g/mol. The third-order valence-corrected chi connectivity index (χ3v) is 3.14. The molecule has 0 aliphatic rings. The summed E-state index contributed by atoms with van der Waals surface area (Å²) in [6.45, 7) is 11.2. The second kappa shape index (κ2) is 6.07. The quantitative estimate of drug-likeness (QED) is 0.755. The third-order valence-electron chi connectivity index (χ3n) is 2.62. The van der Waals surface area contributed by atoms with E-state index in [1.807, 2.05) is 26.0 Å². The first-order chi connectivity index (χ1) is 7.57. The van der Waals surface area contributed by atoms with E-state index in [2.05, 4.69) is 24.9 Å². The smallest absolute Gasteiger partial charge is 0.0545 e. The number of hydrogen-bond donors (Lipinski definition) is 1. The van der Waals surface area contributed by atoms with Crippen molar-refractivity contribution < 1.29 is 0 Å². The molecule has 0 aromatic heterocycles. The van der Waals surface area contributed by atoms with Crippen LogP contribution in [0.3, 0.4) is 0 Å². The Morgan fingerprint density at radius 1 is 1.50 bits per heavy atom. The van der Waals surface area contributed by atoms with E-state index in [9.17, 15) is 0 Å².